The summed E-state index contributed by atoms with van der Waals surface area (Å²) in [5.41, 5.74) is 5.57. The topological polar surface area (TPSA) is 116 Å². The standard InChI is InChI=1S/C11H16N2O5/c12-10(17)6-2-1-3-13(4-6)11-9(16)8(15)7(5-14)18-11/h1,3-4,7-9,11,14-16H,2,5H2,(H2,12,17)/t7-,8+,9-,11-/m1/s1. The van der Waals surface area contributed by atoms with E-state index >= 15 is 0 Å². The fraction of sp³-hybridized carbons (Fsp3) is 0.545. The van der Waals surface area contributed by atoms with Gasteiger partial charge in [-0.15, -0.1) is 0 Å². The van der Waals surface area contributed by atoms with Crippen LogP contribution in [0.4, 0.5) is 0 Å². The van der Waals surface area contributed by atoms with Crippen molar-refractivity contribution in [3.63, 3.8) is 0 Å². The predicted octanol–water partition coefficient (Wildman–Crippen LogP) is -1.99. The molecule has 0 saturated carbocycles. The summed E-state index contributed by atoms with van der Waals surface area (Å²) in [6.45, 7) is -0.390. The Hall–Kier alpha value is -1.41. The van der Waals surface area contributed by atoms with E-state index in [1.165, 1.54) is 11.1 Å². The lowest BCUT2D eigenvalue weighted by Gasteiger charge is -2.28. The Morgan fingerprint density at radius 3 is 2.78 bits per heavy atom. The van der Waals surface area contributed by atoms with E-state index in [1.54, 1.807) is 12.3 Å². The molecule has 100 valence electrons. The maximum Gasteiger partial charge on any atom is 0.246 e. The maximum absolute atomic E-state index is 11.1. The lowest BCUT2D eigenvalue weighted by atomic mass is 10.1. The number of carbonyl (C=O) groups excluding carboxylic acids is 1. The molecule has 1 fully saturated rings. The molecule has 4 atom stereocenters. The van der Waals surface area contributed by atoms with Crippen LogP contribution in [0.25, 0.3) is 0 Å². The predicted molar refractivity (Wildman–Crippen MR) is 60.6 cm³/mol. The first-order valence-electron chi connectivity index (χ1n) is 5.61. The van der Waals surface area contributed by atoms with Gasteiger partial charge >= 0.3 is 0 Å². The molecule has 0 aliphatic carbocycles. The number of amides is 1. The van der Waals surface area contributed by atoms with Crippen LogP contribution in [-0.2, 0) is 9.53 Å². The van der Waals surface area contributed by atoms with Gasteiger partial charge in [-0.2, -0.15) is 0 Å². The SMILES string of the molecule is NC(=O)C1=CN([C@@H]2O[C@H](CO)[C@H](O)[C@H]2O)C=CC1. The number of nitrogens with two attached hydrogens (primary N) is 1. The molecule has 7 heteroatoms. The molecule has 5 N–H and O–H groups in total. The third kappa shape index (κ3) is 2.25. The second-order valence-electron chi connectivity index (χ2n) is 4.28. The van der Waals surface area contributed by atoms with Crippen LogP contribution in [0.2, 0.25) is 0 Å². The summed E-state index contributed by atoms with van der Waals surface area (Å²) >= 11 is 0. The zero-order valence-electron chi connectivity index (χ0n) is 9.64. The monoisotopic (exact) mass is 256 g/mol. The highest BCUT2D eigenvalue weighted by Crippen LogP contribution is 2.26. The minimum atomic E-state index is -1.17. The first kappa shape index (κ1) is 13.0. The fourth-order valence-electron chi connectivity index (χ4n) is 2.03. The third-order valence-electron chi connectivity index (χ3n) is 3.05. The largest absolute Gasteiger partial charge is 0.394 e. The summed E-state index contributed by atoms with van der Waals surface area (Å²) in [5, 5.41) is 28.5. The summed E-state index contributed by atoms with van der Waals surface area (Å²) in [6, 6.07) is 0. The molecular weight excluding hydrogens is 240 g/mol. The highest BCUT2D eigenvalue weighted by atomic mass is 16.6. The van der Waals surface area contributed by atoms with Crippen LogP contribution >= 0.6 is 0 Å². The number of hydrogen-bond donors (Lipinski definition) is 4. The van der Waals surface area contributed by atoms with E-state index in [4.69, 9.17) is 15.6 Å². The Bertz CT molecular complexity index is 395. The van der Waals surface area contributed by atoms with E-state index in [0.29, 0.717) is 12.0 Å². The van der Waals surface area contributed by atoms with Gasteiger partial charge in [0.25, 0.3) is 0 Å². The third-order valence-corrected chi connectivity index (χ3v) is 3.05. The molecule has 2 aliphatic heterocycles. The van der Waals surface area contributed by atoms with Gasteiger partial charge in [-0.3, -0.25) is 4.79 Å². The Morgan fingerprint density at radius 1 is 1.50 bits per heavy atom. The van der Waals surface area contributed by atoms with Gasteiger partial charge < -0.3 is 30.7 Å². The summed E-state index contributed by atoms with van der Waals surface area (Å²) < 4.78 is 5.33. The van der Waals surface area contributed by atoms with Gasteiger partial charge in [0.2, 0.25) is 5.91 Å². The smallest absolute Gasteiger partial charge is 0.246 e. The molecule has 2 aliphatic rings. The summed E-state index contributed by atoms with van der Waals surface area (Å²) in [7, 11) is 0. The van der Waals surface area contributed by atoms with E-state index in [9.17, 15) is 15.0 Å². The van der Waals surface area contributed by atoms with Crippen molar-refractivity contribution in [2.75, 3.05) is 6.61 Å². The van der Waals surface area contributed by atoms with Crippen LogP contribution in [0.15, 0.2) is 24.0 Å². The molecule has 2 heterocycles. The minimum Gasteiger partial charge on any atom is -0.394 e. The van der Waals surface area contributed by atoms with Gasteiger partial charge in [0.05, 0.1) is 6.61 Å². The molecule has 1 amide bonds. The Balaban J connectivity index is 2.15. The van der Waals surface area contributed by atoms with Crippen LogP contribution in [0, 0.1) is 0 Å². The molecule has 18 heavy (non-hydrogen) atoms. The van der Waals surface area contributed by atoms with Gasteiger partial charge in [0.15, 0.2) is 6.23 Å². The first-order valence-corrected chi connectivity index (χ1v) is 5.61. The summed E-state index contributed by atoms with van der Waals surface area (Å²) in [5.74, 6) is -0.545. The first-order chi connectivity index (χ1) is 8.54. The molecule has 0 aromatic rings. The Morgan fingerprint density at radius 2 is 2.22 bits per heavy atom. The van der Waals surface area contributed by atoms with Gasteiger partial charge in [-0.25, -0.2) is 0 Å². The van der Waals surface area contributed by atoms with Crippen molar-refractivity contribution in [2.45, 2.75) is 31.0 Å². The van der Waals surface area contributed by atoms with Crippen LogP contribution in [-0.4, -0.2) is 57.3 Å². The number of carbonyl (C=O) groups is 1. The van der Waals surface area contributed by atoms with Crippen molar-refractivity contribution in [1.82, 2.24) is 4.90 Å². The van der Waals surface area contributed by atoms with E-state index in [-0.39, 0.29) is 0 Å². The molecule has 0 radical (unpaired) electrons. The lowest BCUT2D eigenvalue weighted by molar-refractivity contribution is -0.114. The lowest BCUT2D eigenvalue weighted by Crippen LogP contribution is -2.40. The molecular formula is C11H16N2O5. The fourth-order valence-corrected chi connectivity index (χ4v) is 2.03. The van der Waals surface area contributed by atoms with Gasteiger partial charge in [0.1, 0.15) is 18.3 Å². The van der Waals surface area contributed by atoms with Crippen LogP contribution in [0.3, 0.4) is 0 Å². The van der Waals surface area contributed by atoms with Crippen molar-refractivity contribution in [1.29, 1.82) is 0 Å². The molecule has 0 spiro atoms. The van der Waals surface area contributed by atoms with E-state index in [1.807, 2.05) is 0 Å². The summed E-state index contributed by atoms with van der Waals surface area (Å²) in [6.07, 6.45) is 1.20. The second kappa shape index (κ2) is 5.07. The Labute approximate surface area is 104 Å². The van der Waals surface area contributed by atoms with Crippen molar-refractivity contribution in [3.8, 4) is 0 Å². The molecule has 2 rings (SSSR count). The normalized spacial score (nSPS) is 35.7. The molecule has 0 aromatic heterocycles. The average Bonchev–Trinajstić information content (AvgIpc) is 2.66. The van der Waals surface area contributed by atoms with E-state index in [2.05, 4.69) is 0 Å². The number of allylic oxidation sites excluding steroid dienone is 1. The van der Waals surface area contributed by atoms with Gasteiger partial charge in [-0.1, -0.05) is 6.08 Å². The number of aliphatic hydroxyl groups is 3. The van der Waals surface area contributed by atoms with Crippen molar-refractivity contribution < 1.29 is 24.9 Å². The highest BCUT2D eigenvalue weighted by Gasteiger charge is 2.44. The number of hydrogen-bond acceptors (Lipinski definition) is 6. The molecule has 0 aromatic carbocycles. The quantitative estimate of drug-likeness (QED) is 0.465. The van der Waals surface area contributed by atoms with Gasteiger partial charge in [0, 0.05) is 18.0 Å². The highest BCUT2D eigenvalue weighted by molar-refractivity contribution is 5.92. The minimum absolute atomic E-state index is 0.384. The Kier molecular flexibility index (Phi) is 3.67. The van der Waals surface area contributed by atoms with Crippen molar-refractivity contribution in [2.24, 2.45) is 5.73 Å². The number of rotatable bonds is 3. The number of primary amides is 1. The zero-order chi connectivity index (χ0) is 13.3. The van der Waals surface area contributed by atoms with E-state index in [0.717, 1.165) is 0 Å². The zero-order valence-corrected chi connectivity index (χ0v) is 9.64. The van der Waals surface area contributed by atoms with Crippen LogP contribution < -0.4 is 5.73 Å². The van der Waals surface area contributed by atoms with Gasteiger partial charge in [-0.05, 0) is 6.42 Å². The average molecular weight is 256 g/mol. The molecule has 7 nitrogen and oxygen atoms in total. The van der Waals surface area contributed by atoms with Crippen LogP contribution in [0.1, 0.15) is 6.42 Å². The van der Waals surface area contributed by atoms with Crippen molar-refractivity contribution in [3.05, 3.63) is 24.0 Å². The number of aliphatic hydroxyl groups excluding tert-OH is 3. The number of nitrogens with zero attached hydrogens (tertiary/aromatic N) is 1. The summed E-state index contributed by atoms with van der Waals surface area (Å²) in [4.78, 5) is 12.5. The second-order valence-corrected chi connectivity index (χ2v) is 4.28. The van der Waals surface area contributed by atoms with Crippen LogP contribution in [0.5, 0.6) is 0 Å². The van der Waals surface area contributed by atoms with Crippen molar-refractivity contribution >= 4 is 5.91 Å². The molecule has 1 saturated heterocycles. The molecule has 0 unspecified atom stereocenters. The number of ether oxygens (including phenoxy) is 1. The maximum atomic E-state index is 11.1. The van der Waals surface area contributed by atoms with E-state index < -0.39 is 37.1 Å². The molecule has 0 bridgehead atoms.